The number of pyridine rings is 1. The molecule has 0 radical (unpaired) electrons. The number of nitrogens with two attached hydrogens (primary N) is 1. The zero-order valence-corrected chi connectivity index (χ0v) is 11.4. The van der Waals surface area contributed by atoms with Crippen molar-refractivity contribution in [2.45, 2.75) is 19.9 Å². The van der Waals surface area contributed by atoms with Crippen molar-refractivity contribution in [1.82, 2.24) is 15.2 Å². The molecule has 2 heterocycles. The highest BCUT2D eigenvalue weighted by Crippen LogP contribution is 2.14. The van der Waals surface area contributed by atoms with E-state index in [2.05, 4.69) is 22.1 Å². The van der Waals surface area contributed by atoms with Gasteiger partial charge in [0.15, 0.2) is 0 Å². The van der Waals surface area contributed by atoms with Crippen LogP contribution >= 0.6 is 0 Å². The van der Waals surface area contributed by atoms with Crippen LogP contribution in [0.1, 0.15) is 29.4 Å². The fourth-order valence-corrected chi connectivity index (χ4v) is 2.37. The predicted molar refractivity (Wildman–Crippen MR) is 74.7 cm³/mol. The molecule has 1 saturated heterocycles. The van der Waals surface area contributed by atoms with Gasteiger partial charge in [-0.25, -0.2) is 0 Å². The number of carbonyl (C=O) groups excluding carboxylic acids is 1. The summed E-state index contributed by atoms with van der Waals surface area (Å²) in [6, 6.07) is 3.57. The second kappa shape index (κ2) is 6.63. The first-order valence-electron chi connectivity index (χ1n) is 6.88. The van der Waals surface area contributed by atoms with E-state index in [0.29, 0.717) is 18.2 Å². The van der Waals surface area contributed by atoms with Crippen molar-refractivity contribution in [1.29, 1.82) is 0 Å². The molecule has 0 bridgehead atoms. The molecular formula is C14H22N4O. The summed E-state index contributed by atoms with van der Waals surface area (Å²) < 4.78 is 0. The fraction of sp³-hybridized carbons (Fsp3) is 0.571. The lowest BCUT2D eigenvalue weighted by Gasteiger charge is -2.13. The summed E-state index contributed by atoms with van der Waals surface area (Å²) in [6.07, 6.45) is 2.82. The third kappa shape index (κ3) is 3.75. The summed E-state index contributed by atoms with van der Waals surface area (Å²) in [6.45, 7) is 6.66. The van der Waals surface area contributed by atoms with Gasteiger partial charge in [0, 0.05) is 25.8 Å². The quantitative estimate of drug-likeness (QED) is 0.815. The molecule has 0 aliphatic carbocycles. The Morgan fingerprint density at radius 2 is 2.42 bits per heavy atom. The maximum Gasteiger partial charge on any atom is 0.269 e. The van der Waals surface area contributed by atoms with Crippen molar-refractivity contribution in [2.24, 2.45) is 11.7 Å². The number of nitrogens with zero attached hydrogens (tertiary/aromatic N) is 2. The number of carbonyl (C=O) groups is 1. The van der Waals surface area contributed by atoms with Crippen LogP contribution in [0.3, 0.4) is 0 Å². The third-order valence-corrected chi connectivity index (χ3v) is 3.66. The molecule has 0 aromatic carbocycles. The van der Waals surface area contributed by atoms with E-state index in [-0.39, 0.29) is 5.91 Å². The highest BCUT2D eigenvalue weighted by Gasteiger charge is 2.21. The van der Waals surface area contributed by atoms with Crippen molar-refractivity contribution in [3.63, 3.8) is 0 Å². The van der Waals surface area contributed by atoms with E-state index >= 15 is 0 Å². The molecule has 2 rings (SSSR count). The summed E-state index contributed by atoms with van der Waals surface area (Å²) in [4.78, 5) is 18.5. The third-order valence-electron chi connectivity index (χ3n) is 3.66. The van der Waals surface area contributed by atoms with E-state index in [9.17, 15) is 4.79 Å². The Labute approximate surface area is 114 Å². The molecule has 1 amide bonds. The number of nitrogens with one attached hydrogen (secondary N) is 1. The molecule has 3 N–H and O–H groups in total. The zero-order valence-electron chi connectivity index (χ0n) is 11.4. The van der Waals surface area contributed by atoms with Gasteiger partial charge in [-0.15, -0.1) is 0 Å². The molecule has 0 spiro atoms. The van der Waals surface area contributed by atoms with Crippen molar-refractivity contribution < 1.29 is 4.79 Å². The molecule has 1 aromatic rings. The van der Waals surface area contributed by atoms with Crippen LogP contribution in [0, 0.1) is 5.92 Å². The van der Waals surface area contributed by atoms with Gasteiger partial charge < -0.3 is 16.0 Å². The van der Waals surface area contributed by atoms with E-state index < -0.39 is 0 Å². The zero-order chi connectivity index (χ0) is 13.7. The molecule has 5 nitrogen and oxygen atoms in total. The van der Waals surface area contributed by atoms with Crippen LogP contribution in [0.4, 0.5) is 0 Å². The van der Waals surface area contributed by atoms with Crippen LogP contribution in [0.5, 0.6) is 0 Å². The van der Waals surface area contributed by atoms with Crippen LogP contribution < -0.4 is 11.1 Å². The number of aromatic nitrogens is 1. The minimum atomic E-state index is -0.0986. The Morgan fingerprint density at radius 1 is 1.58 bits per heavy atom. The predicted octanol–water partition coefficient (Wildman–Crippen LogP) is 0.612. The second-order valence-electron chi connectivity index (χ2n) is 5.01. The minimum absolute atomic E-state index is 0.0986. The van der Waals surface area contributed by atoms with Crippen molar-refractivity contribution >= 4 is 5.91 Å². The molecule has 1 unspecified atom stereocenters. The van der Waals surface area contributed by atoms with Crippen LogP contribution in [0.25, 0.3) is 0 Å². The SMILES string of the molecule is CCN1CCC(CNC(=O)c2ccc(CN)cn2)C1. The fourth-order valence-electron chi connectivity index (χ4n) is 2.37. The summed E-state index contributed by atoms with van der Waals surface area (Å²) in [5, 5.41) is 2.96. The Hall–Kier alpha value is -1.46. The van der Waals surface area contributed by atoms with Crippen LogP contribution in [-0.4, -0.2) is 42.0 Å². The van der Waals surface area contributed by atoms with Crippen LogP contribution in [0.15, 0.2) is 18.3 Å². The molecule has 1 aromatic heterocycles. The van der Waals surface area contributed by atoms with Gasteiger partial charge in [0.25, 0.3) is 5.91 Å². The molecular weight excluding hydrogens is 240 g/mol. The van der Waals surface area contributed by atoms with Gasteiger partial charge in [0.2, 0.25) is 0 Å². The topological polar surface area (TPSA) is 71.2 Å². The summed E-state index contributed by atoms with van der Waals surface area (Å²) in [5.74, 6) is 0.464. The first-order chi connectivity index (χ1) is 9.22. The molecule has 104 valence electrons. The molecule has 1 aliphatic heterocycles. The number of amides is 1. The standard InChI is InChI=1S/C14H22N4O/c1-2-18-6-5-12(10-18)9-17-14(19)13-4-3-11(7-15)8-16-13/h3-4,8,12H,2,5-7,9-10,15H2,1H3,(H,17,19). The van der Waals surface area contributed by atoms with Gasteiger partial charge in [-0.2, -0.15) is 0 Å². The van der Waals surface area contributed by atoms with E-state index in [4.69, 9.17) is 5.73 Å². The molecule has 0 saturated carbocycles. The molecule has 1 atom stereocenters. The highest BCUT2D eigenvalue weighted by molar-refractivity contribution is 5.92. The lowest BCUT2D eigenvalue weighted by atomic mass is 10.1. The first kappa shape index (κ1) is 14.0. The van der Waals surface area contributed by atoms with Gasteiger partial charge >= 0.3 is 0 Å². The van der Waals surface area contributed by atoms with Crippen LogP contribution in [-0.2, 0) is 6.54 Å². The van der Waals surface area contributed by atoms with Gasteiger partial charge in [0.05, 0.1) is 0 Å². The van der Waals surface area contributed by atoms with E-state index in [1.54, 1.807) is 12.3 Å². The van der Waals surface area contributed by atoms with E-state index in [0.717, 1.165) is 38.2 Å². The maximum atomic E-state index is 11.9. The molecule has 1 aliphatic rings. The number of hydrogen-bond donors (Lipinski definition) is 2. The Morgan fingerprint density at radius 3 is 3.00 bits per heavy atom. The van der Waals surface area contributed by atoms with Crippen molar-refractivity contribution in [3.05, 3.63) is 29.6 Å². The first-order valence-corrected chi connectivity index (χ1v) is 6.88. The number of likely N-dealkylation sites (tertiary alicyclic amines) is 1. The smallest absolute Gasteiger partial charge is 0.269 e. The number of hydrogen-bond acceptors (Lipinski definition) is 4. The van der Waals surface area contributed by atoms with Gasteiger partial charge in [-0.3, -0.25) is 9.78 Å². The van der Waals surface area contributed by atoms with E-state index in [1.807, 2.05) is 6.07 Å². The molecule has 1 fully saturated rings. The average molecular weight is 262 g/mol. The largest absolute Gasteiger partial charge is 0.350 e. The normalized spacial score (nSPS) is 19.6. The Kier molecular flexibility index (Phi) is 4.87. The summed E-state index contributed by atoms with van der Waals surface area (Å²) in [7, 11) is 0. The monoisotopic (exact) mass is 262 g/mol. The van der Waals surface area contributed by atoms with E-state index in [1.165, 1.54) is 0 Å². The Balaban J connectivity index is 1.80. The van der Waals surface area contributed by atoms with Crippen molar-refractivity contribution in [2.75, 3.05) is 26.2 Å². The molecule has 5 heteroatoms. The van der Waals surface area contributed by atoms with Gasteiger partial charge in [-0.1, -0.05) is 13.0 Å². The van der Waals surface area contributed by atoms with Gasteiger partial charge in [0.1, 0.15) is 5.69 Å². The Bertz CT molecular complexity index is 418. The average Bonchev–Trinajstić information content (AvgIpc) is 2.93. The summed E-state index contributed by atoms with van der Waals surface area (Å²) >= 11 is 0. The summed E-state index contributed by atoms with van der Waals surface area (Å²) in [5.41, 5.74) is 6.90. The number of rotatable bonds is 5. The van der Waals surface area contributed by atoms with Crippen LogP contribution in [0.2, 0.25) is 0 Å². The lowest BCUT2D eigenvalue weighted by Crippen LogP contribution is -2.31. The lowest BCUT2D eigenvalue weighted by molar-refractivity contribution is 0.0942. The highest BCUT2D eigenvalue weighted by atomic mass is 16.1. The van der Waals surface area contributed by atoms with Crippen molar-refractivity contribution in [3.8, 4) is 0 Å². The molecule has 19 heavy (non-hydrogen) atoms. The maximum absolute atomic E-state index is 11.9. The van der Waals surface area contributed by atoms with Gasteiger partial charge in [-0.05, 0) is 37.1 Å². The minimum Gasteiger partial charge on any atom is -0.350 e. The second-order valence-corrected chi connectivity index (χ2v) is 5.01.